The number of aromatic nitrogens is 2. The van der Waals surface area contributed by atoms with E-state index < -0.39 is 5.97 Å². The Hall–Kier alpha value is -3.15. The summed E-state index contributed by atoms with van der Waals surface area (Å²) in [6.07, 6.45) is 1.19. The van der Waals surface area contributed by atoms with E-state index in [9.17, 15) is 9.59 Å². The molecule has 0 amide bonds. The summed E-state index contributed by atoms with van der Waals surface area (Å²) in [7, 11) is 0. The number of hydrogen-bond acceptors (Lipinski definition) is 5. The van der Waals surface area contributed by atoms with E-state index in [2.05, 4.69) is 10.1 Å². The lowest BCUT2D eigenvalue weighted by Gasteiger charge is -2.07. The third kappa shape index (κ3) is 3.18. The highest BCUT2D eigenvalue weighted by Gasteiger charge is 2.26. The van der Waals surface area contributed by atoms with Gasteiger partial charge in [0.1, 0.15) is 12.4 Å². The molecule has 0 aliphatic rings. The van der Waals surface area contributed by atoms with E-state index in [-0.39, 0.29) is 17.9 Å². The van der Waals surface area contributed by atoms with Crippen molar-refractivity contribution < 1.29 is 18.8 Å². The van der Waals surface area contributed by atoms with E-state index in [1.54, 1.807) is 6.92 Å². The predicted octanol–water partition coefficient (Wildman–Crippen LogP) is 4.02. The number of aldehydes is 1. The highest BCUT2D eigenvalue weighted by molar-refractivity contribution is 6.01. The van der Waals surface area contributed by atoms with Gasteiger partial charge < -0.3 is 14.2 Å². The fourth-order valence-corrected chi connectivity index (χ4v) is 3.08. The summed E-state index contributed by atoms with van der Waals surface area (Å²) in [4.78, 5) is 27.3. The van der Waals surface area contributed by atoms with Gasteiger partial charge in [-0.2, -0.15) is 0 Å². The van der Waals surface area contributed by atoms with E-state index in [0.29, 0.717) is 29.9 Å². The number of nitrogens with one attached hydrogen (secondary N) is 1. The van der Waals surface area contributed by atoms with Crippen molar-refractivity contribution in [2.75, 3.05) is 0 Å². The maximum Gasteiger partial charge on any atom is 0.341 e. The Morgan fingerprint density at radius 3 is 2.58 bits per heavy atom. The molecule has 3 aromatic rings. The zero-order chi connectivity index (χ0) is 18.7. The Kier molecular flexibility index (Phi) is 5.02. The lowest BCUT2D eigenvalue weighted by Crippen LogP contribution is -2.09. The number of rotatable bonds is 6. The molecule has 6 heteroatoms. The average Bonchev–Trinajstić information content (AvgIpc) is 3.19. The van der Waals surface area contributed by atoms with Gasteiger partial charge in [0.25, 0.3) is 0 Å². The highest BCUT2D eigenvalue weighted by atomic mass is 16.5. The van der Waals surface area contributed by atoms with Crippen molar-refractivity contribution in [1.82, 2.24) is 10.1 Å². The van der Waals surface area contributed by atoms with Crippen molar-refractivity contribution in [2.24, 2.45) is 0 Å². The van der Waals surface area contributed by atoms with Crippen LogP contribution < -0.4 is 0 Å². The molecular formula is C20H20N2O4. The Labute approximate surface area is 151 Å². The number of H-pyrrole nitrogens is 1. The number of ether oxygens (including phenoxy) is 1. The molecule has 0 fully saturated rings. The summed E-state index contributed by atoms with van der Waals surface area (Å²) in [6.45, 7) is 5.68. The van der Waals surface area contributed by atoms with E-state index in [0.717, 1.165) is 16.7 Å². The molecule has 2 heterocycles. The molecule has 0 bridgehead atoms. The summed E-state index contributed by atoms with van der Waals surface area (Å²) >= 11 is 0. The van der Waals surface area contributed by atoms with Crippen molar-refractivity contribution in [1.29, 1.82) is 0 Å². The van der Waals surface area contributed by atoms with Crippen molar-refractivity contribution in [3.8, 4) is 11.3 Å². The summed E-state index contributed by atoms with van der Waals surface area (Å²) in [6, 6.07) is 9.40. The van der Waals surface area contributed by atoms with Crippen LogP contribution in [-0.4, -0.2) is 22.4 Å². The predicted molar refractivity (Wildman–Crippen MR) is 96.1 cm³/mol. The van der Waals surface area contributed by atoms with Crippen molar-refractivity contribution >= 4 is 12.3 Å². The van der Waals surface area contributed by atoms with Gasteiger partial charge in [0.05, 0.1) is 28.2 Å². The second kappa shape index (κ2) is 7.39. The Bertz CT molecular complexity index is 919. The number of benzene rings is 1. The Balaban J connectivity index is 1.98. The average molecular weight is 352 g/mol. The minimum absolute atomic E-state index is 0.146. The van der Waals surface area contributed by atoms with Gasteiger partial charge >= 0.3 is 5.97 Å². The van der Waals surface area contributed by atoms with Crippen LogP contribution in [0.5, 0.6) is 0 Å². The number of aryl methyl sites for hydroxylation is 2. The topological polar surface area (TPSA) is 85.2 Å². The van der Waals surface area contributed by atoms with E-state index in [4.69, 9.17) is 9.26 Å². The normalized spacial score (nSPS) is 10.7. The Morgan fingerprint density at radius 1 is 1.27 bits per heavy atom. The molecule has 0 radical (unpaired) electrons. The largest absolute Gasteiger partial charge is 0.457 e. The lowest BCUT2D eigenvalue weighted by molar-refractivity contribution is 0.0470. The van der Waals surface area contributed by atoms with Crippen molar-refractivity contribution in [2.45, 2.75) is 33.8 Å². The van der Waals surface area contributed by atoms with Crippen LogP contribution in [0.1, 0.15) is 50.4 Å². The molecule has 6 nitrogen and oxygen atoms in total. The maximum absolute atomic E-state index is 12.7. The second-order valence-electron chi connectivity index (χ2n) is 6.00. The molecule has 0 unspecified atom stereocenters. The highest BCUT2D eigenvalue weighted by Crippen LogP contribution is 2.33. The number of esters is 1. The van der Waals surface area contributed by atoms with Crippen LogP contribution in [0.3, 0.4) is 0 Å². The molecule has 134 valence electrons. The molecule has 1 aromatic carbocycles. The number of hydrogen-bond donors (Lipinski definition) is 1. The van der Waals surface area contributed by atoms with Crippen LogP contribution >= 0.6 is 0 Å². The van der Waals surface area contributed by atoms with Gasteiger partial charge in [-0.05, 0) is 31.4 Å². The van der Waals surface area contributed by atoms with Crippen molar-refractivity contribution in [3.05, 3.63) is 64.2 Å². The molecule has 0 spiro atoms. The number of carbonyl (C=O) groups excluding carboxylic acids is 2. The van der Waals surface area contributed by atoms with E-state index in [1.165, 1.54) is 0 Å². The van der Waals surface area contributed by atoms with Crippen LogP contribution in [0.2, 0.25) is 0 Å². The molecule has 3 rings (SSSR count). The lowest BCUT2D eigenvalue weighted by atomic mass is 10.0. The van der Waals surface area contributed by atoms with Gasteiger partial charge in [-0.1, -0.05) is 42.4 Å². The zero-order valence-electron chi connectivity index (χ0n) is 15.0. The van der Waals surface area contributed by atoms with Gasteiger partial charge in [0.15, 0.2) is 6.29 Å². The van der Waals surface area contributed by atoms with Crippen molar-refractivity contribution in [3.63, 3.8) is 0 Å². The molecule has 26 heavy (non-hydrogen) atoms. The standard InChI is InChI=1S/C20H20N2O4/c1-4-15-18(20(24)25-11-14-8-6-5-7-9-14)16(10-23)21-19(15)17-12(2)22-26-13(17)3/h5-10,21H,4,11H2,1-3H3. The molecule has 0 aliphatic heterocycles. The quantitative estimate of drug-likeness (QED) is 0.535. The fraction of sp³-hybridized carbons (Fsp3) is 0.250. The van der Waals surface area contributed by atoms with Gasteiger partial charge in [-0.25, -0.2) is 4.79 Å². The summed E-state index contributed by atoms with van der Waals surface area (Å²) in [5, 5.41) is 3.95. The number of carbonyl (C=O) groups is 2. The second-order valence-corrected chi connectivity index (χ2v) is 6.00. The first-order valence-electron chi connectivity index (χ1n) is 8.41. The molecular weight excluding hydrogens is 332 g/mol. The maximum atomic E-state index is 12.7. The van der Waals surface area contributed by atoms with Crippen LogP contribution in [-0.2, 0) is 17.8 Å². The molecule has 0 atom stereocenters. The number of nitrogens with zero attached hydrogens (tertiary/aromatic N) is 1. The van der Waals surface area contributed by atoms with Crippen LogP contribution in [0.15, 0.2) is 34.9 Å². The number of aromatic amines is 1. The first-order chi connectivity index (χ1) is 12.6. The zero-order valence-corrected chi connectivity index (χ0v) is 15.0. The van der Waals surface area contributed by atoms with Gasteiger partial charge in [-0.3, -0.25) is 4.79 Å². The molecule has 0 saturated heterocycles. The molecule has 0 aliphatic carbocycles. The van der Waals surface area contributed by atoms with Crippen LogP contribution in [0.25, 0.3) is 11.3 Å². The van der Waals surface area contributed by atoms with E-state index in [1.807, 2.05) is 44.2 Å². The minimum atomic E-state index is -0.526. The van der Waals surface area contributed by atoms with Gasteiger partial charge in [-0.15, -0.1) is 0 Å². The summed E-state index contributed by atoms with van der Waals surface area (Å²) in [5.74, 6) is 0.0992. The molecule has 2 aromatic heterocycles. The van der Waals surface area contributed by atoms with Crippen LogP contribution in [0.4, 0.5) is 0 Å². The minimum Gasteiger partial charge on any atom is -0.457 e. The van der Waals surface area contributed by atoms with Gasteiger partial charge in [0, 0.05) is 0 Å². The monoisotopic (exact) mass is 352 g/mol. The van der Waals surface area contributed by atoms with Gasteiger partial charge in [0.2, 0.25) is 0 Å². The van der Waals surface area contributed by atoms with Crippen LogP contribution in [0, 0.1) is 13.8 Å². The fourth-order valence-electron chi connectivity index (χ4n) is 3.08. The first kappa shape index (κ1) is 17.7. The first-order valence-corrected chi connectivity index (χ1v) is 8.41. The third-order valence-electron chi connectivity index (χ3n) is 4.30. The van der Waals surface area contributed by atoms with E-state index >= 15 is 0 Å². The SMILES string of the molecule is CCc1c(-c2c(C)noc2C)[nH]c(C=O)c1C(=O)OCc1ccccc1. The summed E-state index contributed by atoms with van der Waals surface area (Å²) in [5.41, 5.74) is 4.22. The Morgan fingerprint density at radius 2 is 2.00 bits per heavy atom. The molecule has 0 saturated carbocycles. The molecule has 1 N–H and O–H groups in total. The third-order valence-corrected chi connectivity index (χ3v) is 4.30. The smallest absolute Gasteiger partial charge is 0.341 e. The summed E-state index contributed by atoms with van der Waals surface area (Å²) < 4.78 is 10.7.